The van der Waals surface area contributed by atoms with Crippen LogP contribution in [0.4, 0.5) is 8.78 Å². The van der Waals surface area contributed by atoms with Crippen molar-refractivity contribution in [2.75, 3.05) is 26.2 Å². The molecule has 0 spiro atoms. The fourth-order valence-electron chi connectivity index (χ4n) is 1.29. The Labute approximate surface area is 65.4 Å². The Balaban J connectivity index is 1.96. The van der Waals surface area contributed by atoms with Crippen LogP contribution in [0.1, 0.15) is 6.42 Å². The third-order valence-electron chi connectivity index (χ3n) is 2.03. The van der Waals surface area contributed by atoms with Gasteiger partial charge in [0.2, 0.25) is 6.43 Å². The van der Waals surface area contributed by atoms with Gasteiger partial charge in [-0.1, -0.05) is 0 Å². The number of rotatable bonds is 4. The number of alkyl halides is 2. The number of likely N-dealkylation sites (tertiary alicyclic amines) is 1. The smallest absolute Gasteiger partial charge is 0.239 e. The first-order chi connectivity index (χ1) is 5.22. The van der Waals surface area contributed by atoms with Crippen LogP contribution < -0.4 is 5.73 Å². The molecule has 0 saturated carbocycles. The van der Waals surface area contributed by atoms with E-state index >= 15 is 0 Å². The van der Waals surface area contributed by atoms with Crippen molar-refractivity contribution in [3.63, 3.8) is 0 Å². The average Bonchev–Trinajstić information content (AvgIpc) is 1.84. The Morgan fingerprint density at radius 3 is 2.55 bits per heavy atom. The maximum Gasteiger partial charge on any atom is 0.239 e. The molecule has 0 bridgehead atoms. The first-order valence-electron chi connectivity index (χ1n) is 3.93. The topological polar surface area (TPSA) is 29.3 Å². The molecule has 0 radical (unpaired) electrons. The number of nitrogens with two attached hydrogens (primary N) is 1. The summed E-state index contributed by atoms with van der Waals surface area (Å²) in [7, 11) is 0. The van der Waals surface area contributed by atoms with Gasteiger partial charge in [0, 0.05) is 26.1 Å². The largest absolute Gasteiger partial charge is 0.330 e. The van der Waals surface area contributed by atoms with Gasteiger partial charge >= 0.3 is 0 Å². The second kappa shape index (κ2) is 3.97. The van der Waals surface area contributed by atoms with Crippen LogP contribution in [-0.4, -0.2) is 37.5 Å². The second-order valence-corrected chi connectivity index (χ2v) is 3.04. The van der Waals surface area contributed by atoms with E-state index in [0.717, 1.165) is 13.1 Å². The molecule has 0 unspecified atom stereocenters. The highest BCUT2D eigenvalue weighted by Crippen LogP contribution is 2.14. The minimum absolute atomic E-state index is 0.00269. The van der Waals surface area contributed by atoms with E-state index in [0.29, 0.717) is 19.0 Å². The van der Waals surface area contributed by atoms with Gasteiger partial charge in [-0.15, -0.1) is 0 Å². The fraction of sp³-hybridized carbons (Fsp3) is 1.00. The lowest BCUT2D eigenvalue weighted by atomic mass is 10.0. The van der Waals surface area contributed by atoms with Crippen LogP contribution in [0.3, 0.4) is 0 Å². The van der Waals surface area contributed by atoms with Crippen molar-refractivity contribution < 1.29 is 8.78 Å². The molecule has 1 heterocycles. The van der Waals surface area contributed by atoms with Gasteiger partial charge in [0.1, 0.15) is 0 Å². The predicted octanol–water partition coefficient (Wildman–Crippen LogP) is 0.532. The minimum Gasteiger partial charge on any atom is -0.330 e. The summed E-state index contributed by atoms with van der Waals surface area (Å²) >= 11 is 0. The van der Waals surface area contributed by atoms with Crippen LogP contribution in [0, 0.1) is 5.92 Å². The van der Waals surface area contributed by atoms with Crippen LogP contribution in [0.15, 0.2) is 0 Å². The first-order valence-corrected chi connectivity index (χ1v) is 3.93. The van der Waals surface area contributed by atoms with Gasteiger partial charge in [-0.05, 0) is 12.5 Å². The van der Waals surface area contributed by atoms with Crippen molar-refractivity contribution >= 4 is 0 Å². The Hall–Kier alpha value is -0.220. The molecule has 2 N–H and O–H groups in total. The van der Waals surface area contributed by atoms with E-state index in [1.807, 2.05) is 4.90 Å². The van der Waals surface area contributed by atoms with Crippen molar-refractivity contribution in [1.82, 2.24) is 4.90 Å². The van der Waals surface area contributed by atoms with Gasteiger partial charge in [0.15, 0.2) is 0 Å². The molecule has 66 valence electrons. The first kappa shape index (κ1) is 8.87. The molecule has 4 heteroatoms. The highest BCUT2D eigenvalue weighted by atomic mass is 19.3. The lowest BCUT2D eigenvalue weighted by Crippen LogP contribution is -2.50. The maximum atomic E-state index is 11.7. The van der Waals surface area contributed by atoms with Crippen molar-refractivity contribution in [2.45, 2.75) is 12.8 Å². The van der Waals surface area contributed by atoms with Gasteiger partial charge in [-0.25, -0.2) is 8.78 Å². The normalized spacial score (nSPS) is 20.7. The quantitative estimate of drug-likeness (QED) is 0.656. The van der Waals surface area contributed by atoms with E-state index in [4.69, 9.17) is 5.73 Å². The molecule has 0 aromatic heterocycles. The van der Waals surface area contributed by atoms with E-state index < -0.39 is 6.43 Å². The number of hydrogen-bond acceptors (Lipinski definition) is 2. The van der Waals surface area contributed by atoms with Gasteiger partial charge in [-0.3, -0.25) is 0 Å². The highest BCUT2D eigenvalue weighted by molar-refractivity contribution is 4.79. The van der Waals surface area contributed by atoms with Crippen LogP contribution in [-0.2, 0) is 0 Å². The zero-order valence-corrected chi connectivity index (χ0v) is 6.47. The predicted molar refractivity (Wildman–Crippen MR) is 39.6 cm³/mol. The second-order valence-electron chi connectivity index (χ2n) is 3.04. The van der Waals surface area contributed by atoms with Crippen molar-refractivity contribution in [3.8, 4) is 0 Å². The van der Waals surface area contributed by atoms with Crippen molar-refractivity contribution in [3.05, 3.63) is 0 Å². The van der Waals surface area contributed by atoms with Crippen LogP contribution in [0.5, 0.6) is 0 Å². The summed E-state index contributed by atoms with van der Waals surface area (Å²) in [5, 5.41) is 0. The van der Waals surface area contributed by atoms with Crippen molar-refractivity contribution in [1.29, 1.82) is 0 Å². The van der Waals surface area contributed by atoms with E-state index in [9.17, 15) is 8.78 Å². The molecule has 0 aliphatic carbocycles. The third-order valence-corrected chi connectivity index (χ3v) is 2.03. The number of nitrogens with zero attached hydrogens (tertiary/aromatic N) is 1. The van der Waals surface area contributed by atoms with E-state index in [2.05, 4.69) is 0 Å². The molecular weight excluding hydrogens is 150 g/mol. The van der Waals surface area contributed by atoms with Crippen LogP contribution >= 0.6 is 0 Å². The van der Waals surface area contributed by atoms with Gasteiger partial charge in [-0.2, -0.15) is 0 Å². The molecule has 1 fully saturated rings. The lowest BCUT2D eigenvalue weighted by molar-refractivity contribution is 0.0657. The third kappa shape index (κ3) is 2.71. The average molecular weight is 164 g/mol. The van der Waals surface area contributed by atoms with Gasteiger partial charge < -0.3 is 10.6 Å². The monoisotopic (exact) mass is 164 g/mol. The number of halogens is 2. The molecule has 0 atom stereocenters. The SMILES string of the molecule is NCC1CN(CCC(F)F)C1. The lowest BCUT2D eigenvalue weighted by Gasteiger charge is -2.38. The Morgan fingerprint density at radius 2 is 2.09 bits per heavy atom. The number of hydrogen-bond donors (Lipinski definition) is 1. The molecule has 2 nitrogen and oxygen atoms in total. The molecular formula is C7H14F2N2. The van der Waals surface area contributed by atoms with Gasteiger partial charge in [0.25, 0.3) is 0 Å². The van der Waals surface area contributed by atoms with E-state index in [1.165, 1.54) is 0 Å². The van der Waals surface area contributed by atoms with E-state index in [-0.39, 0.29) is 6.42 Å². The molecule has 1 aliphatic heterocycles. The molecule has 1 aliphatic rings. The Morgan fingerprint density at radius 1 is 1.45 bits per heavy atom. The maximum absolute atomic E-state index is 11.7. The minimum atomic E-state index is -2.16. The summed E-state index contributed by atoms with van der Waals surface area (Å²) in [5.74, 6) is 0.549. The molecule has 0 aromatic rings. The van der Waals surface area contributed by atoms with Crippen LogP contribution in [0.2, 0.25) is 0 Å². The zero-order valence-electron chi connectivity index (χ0n) is 6.47. The molecule has 1 rings (SSSR count). The van der Waals surface area contributed by atoms with Crippen LogP contribution in [0.25, 0.3) is 0 Å². The summed E-state index contributed by atoms with van der Waals surface area (Å²) in [6, 6.07) is 0. The summed E-state index contributed by atoms with van der Waals surface area (Å²) in [4.78, 5) is 2.02. The molecule has 1 saturated heterocycles. The summed E-state index contributed by atoms with van der Waals surface area (Å²) in [6.45, 7) is 3.02. The summed E-state index contributed by atoms with van der Waals surface area (Å²) < 4.78 is 23.4. The summed E-state index contributed by atoms with van der Waals surface area (Å²) in [5.41, 5.74) is 5.38. The Kier molecular flexibility index (Phi) is 3.20. The van der Waals surface area contributed by atoms with Gasteiger partial charge in [0.05, 0.1) is 0 Å². The fourth-order valence-corrected chi connectivity index (χ4v) is 1.29. The van der Waals surface area contributed by atoms with E-state index in [1.54, 1.807) is 0 Å². The Bertz CT molecular complexity index is 113. The zero-order chi connectivity index (χ0) is 8.27. The molecule has 0 aromatic carbocycles. The standard InChI is InChI=1S/C7H14F2N2/c8-7(9)1-2-11-4-6(3-10)5-11/h6-7H,1-5,10H2. The molecule has 11 heavy (non-hydrogen) atoms. The summed E-state index contributed by atoms with van der Waals surface area (Å²) in [6.07, 6.45) is -2.16. The molecule has 0 amide bonds. The van der Waals surface area contributed by atoms with Crippen molar-refractivity contribution in [2.24, 2.45) is 11.7 Å². The highest BCUT2D eigenvalue weighted by Gasteiger charge is 2.25.